The van der Waals surface area contributed by atoms with Crippen LogP contribution in [0.2, 0.25) is 0 Å². The van der Waals surface area contributed by atoms with E-state index >= 15 is 0 Å². The van der Waals surface area contributed by atoms with Gasteiger partial charge in [0.25, 0.3) is 0 Å². The molecule has 1 aliphatic heterocycles. The third-order valence-electron chi connectivity index (χ3n) is 5.75. The molecule has 1 saturated carbocycles. The molecule has 0 aromatic rings. The van der Waals surface area contributed by atoms with Gasteiger partial charge in [-0.1, -0.05) is 31.9 Å². The molecule has 0 aromatic carbocycles. The molecule has 2 fully saturated rings. The molecule has 1 heterocycles. The summed E-state index contributed by atoms with van der Waals surface area (Å²) in [5, 5.41) is 0. The molecule has 3 aliphatic rings. The topological polar surface area (TPSA) is 3.24 Å². The van der Waals surface area contributed by atoms with Gasteiger partial charge in [0.1, 0.15) is 0 Å². The van der Waals surface area contributed by atoms with Crippen LogP contribution >= 0.6 is 0 Å². The van der Waals surface area contributed by atoms with Gasteiger partial charge in [-0.05, 0) is 62.4 Å². The lowest BCUT2D eigenvalue weighted by Gasteiger charge is -2.32. The first-order chi connectivity index (χ1) is 8.10. The van der Waals surface area contributed by atoms with Crippen molar-refractivity contribution in [3.05, 3.63) is 11.6 Å². The van der Waals surface area contributed by atoms with Crippen LogP contribution < -0.4 is 0 Å². The number of likely N-dealkylation sites (tertiary alicyclic amines) is 1. The van der Waals surface area contributed by atoms with Gasteiger partial charge in [0.15, 0.2) is 0 Å². The van der Waals surface area contributed by atoms with E-state index in [2.05, 4.69) is 31.7 Å². The molecule has 96 valence electrons. The van der Waals surface area contributed by atoms with Crippen molar-refractivity contribution in [1.29, 1.82) is 0 Å². The Morgan fingerprint density at radius 1 is 1.24 bits per heavy atom. The minimum atomic E-state index is 0.620. The van der Waals surface area contributed by atoms with Gasteiger partial charge >= 0.3 is 0 Å². The summed E-state index contributed by atoms with van der Waals surface area (Å²) in [6.45, 7) is 11.4. The Morgan fingerprint density at radius 2 is 1.94 bits per heavy atom. The van der Waals surface area contributed by atoms with Crippen LogP contribution in [0.3, 0.4) is 0 Å². The molecular formula is C16H27N. The number of fused-ring (bicyclic) bond motifs is 1. The SMILES string of the molecule is CC1=CCC2C(C1CN1CCCCC1)C2(C)C. The fraction of sp³-hybridized carbons (Fsp3) is 0.875. The number of rotatable bonds is 2. The standard InChI is InChI=1S/C16H27N/c1-12-7-8-14-15(16(14,2)3)13(12)11-17-9-5-4-6-10-17/h7,13-15H,4-6,8-11H2,1-3H3. The van der Waals surface area contributed by atoms with Crippen molar-refractivity contribution >= 4 is 0 Å². The molecule has 2 aliphatic carbocycles. The molecular weight excluding hydrogens is 206 g/mol. The minimum Gasteiger partial charge on any atom is -0.303 e. The molecule has 3 atom stereocenters. The van der Waals surface area contributed by atoms with Gasteiger partial charge in [0, 0.05) is 6.54 Å². The quantitative estimate of drug-likeness (QED) is 0.657. The van der Waals surface area contributed by atoms with Crippen molar-refractivity contribution in [1.82, 2.24) is 4.90 Å². The summed E-state index contributed by atoms with van der Waals surface area (Å²) in [4.78, 5) is 2.72. The summed E-state index contributed by atoms with van der Waals surface area (Å²) in [6.07, 6.45) is 8.18. The normalized spacial score (nSPS) is 40.6. The number of hydrogen-bond acceptors (Lipinski definition) is 1. The van der Waals surface area contributed by atoms with Gasteiger partial charge in [0.05, 0.1) is 0 Å². The Kier molecular flexibility index (Phi) is 2.85. The predicted octanol–water partition coefficient (Wildman–Crippen LogP) is 3.71. The van der Waals surface area contributed by atoms with Crippen LogP contribution in [-0.2, 0) is 0 Å². The molecule has 0 radical (unpaired) electrons. The number of allylic oxidation sites excluding steroid dienone is 1. The largest absolute Gasteiger partial charge is 0.303 e. The molecule has 3 unspecified atom stereocenters. The van der Waals surface area contributed by atoms with E-state index in [1.165, 1.54) is 45.3 Å². The average molecular weight is 233 g/mol. The third kappa shape index (κ3) is 1.97. The molecule has 0 bridgehead atoms. The molecule has 0 spiro atoms. The first-order valence-electron chi connectivity index (χ1n) is 7.49. The van der Waals surface area contributed by atoms with E-state index in [-0.39, 0.29) is 0 Å². The Bertz CT molecular complexity index is 322. The van der Waals surface area contributed by atoms with Crippen molar-refractivity contribution in [3.8, 4) is 0 Å². The second-order valence-electron chi connectivity index (χ2n) is 7.11. The lowest BCUT2D eigenvalue weighted by molar-refractivity contribution is 0.189. The highest BCUT2D eigenvalue weighted by molar-refractivity contribution is 5.23. The predicted molar refractivity (Wildman–Crippen MR) is 72.9 cm³/mol. The van der Waals surface area contributed by atoms with Crippen molar-refractivity contribution in [2.24, 2.45) is 23.2 Å². The molecule has 0 N–H and O–H groups in total. The summed E-state index contributed by atoms with van der Waals surface area (Å²) in [5.41, 5.74) is 2.30. The second kappa shape index (κ2) is 4.12. The monoisotopic (exact) mass is 233 g/mol. The maximum absolute atomic E-state index is 2.72. The van der Waals surface area contributed by atoms with E-state index in [1.807, 2.05) is 0 Å². The first-order valence-corrected chi connectivity index (χ1v) is 7.49. The van der Waals surface area contributed by atoms with E-state index in [0.717, 1.165) is 17.8 Å². The van der Waals surface area contributed by atoms with Crippen LogP contribution in [0.5, 0.6) is 0 Å². The van der Waals surface area contributed by atoms with Gasteiger partial charge < -0.3 is 4.90 Å². The minimum absolute atomic E-state index is 0.620. The number of hydrogen-bond donors (Lipinski definition) is 0. The zero-order chi connectivity index (χ0) is 12.0. The van der Waals surface area contributed by atoms with Gasteiger partial charge in [-0.3, -0.25) is 0 Å². The Balaban J connectivity index is 1.68. The van der Waals surface area contributed by atoms with Crippen LogP contribution in [0.25, 0.3) is 0 Å². The van der Waals surface area contributed by atoms with Crippen molar-refractivity contribution in [2.75, 3.05) is 19.6 Å². The molecule has 0 amide bonds. The molecule has 1 nitrogen and oxygen atoms in total. The Hall–Kier alpha value is -0.300. The van der Waals surface area contributed by atoms with E-state index < -0.39 is 0 Å². The maximum Gasteiger partial charge on any atom is 0.00499 e. The lowest BCUT2D eigenvalue weighted by Crippen LogP contribution is -2.36. The molecule has 1 saturated heterocycles. The maximum atomic E-state index is 2.72. The van der Waals surface area contributed by atoms with E-state index in [9.17, 15) is 0 Å². The van der Waals surface area contributed by atoms with E-state index in [4.69, 9.17) is 0 Å². The molecule has 3 rings (SSSR count). The molecule has 1 heteroatoms. The molecule has 0 aromatic heterocycles. The van der Waals surface area contributed by atoms with Gasteiger partial charge in [-0.2, -0.15) is 0 Å². The highest BCUT2D eigenvalue weighted by Crippen LogP contribution is 2.66. The van der Waals surface area contributed by atoms with E-state index in [1.54, 1.807) is 5.57 Å². The summed E-state index contributed by atoms with van der Waals surface area (Å²) in [7, 11) is 0. The fourth-order valence-electron chi connectivity index (χ4n) is 4.46. The van der Waals surface area contributed by atoms with Gasteiger partial charge in [-0.25, -0.2) is 0 Å². The van der Waals surface area contributed by atoms with E-state index in [0.29, 0.717) is 5.41 Å². The van der Waals surface area contributed by atoms with Crippen LogP contribution in [-0.4, -0.2) is 24.5 Å². The number of nitrogens with zero attached hydrogens (tertiary/aromatic N) is 1. The zero-order valence-electron chi connectivity index (χ0n) is 11.7. The van der Waals surface area contributed by atoms with Gasteiger partial charge in [0.2, 0.25) is 0 Å². The number of piperidine rings is 1. The van der Waals surface area contributed by atoms with Crippen molar-refractivity contribution < 1.29 is 0 Å². The summed E-state index contributed by atoms with van der Waals surface area (Å²) < 4.78 is 0. The summed E-state index contributed by atoms with van der Waals surface area (Å²) >= 11 is 0. The highest BCUT2D eigenvalue weighted by atomic mass is 15.1. The Morgan fingerprint density at radius 3 is 2.65 bits per heavy atom. The zero-order valence-corrected chi connectivity index (χ0v) is 11.7. The first kappa shape index (κ1) is 11.8. The smallest absolute Gasteiger partial charge is 0.00499 e. The van der Waals surface area contributed by atoms with Crippen LogP contribution in [0, 0.1) is 23.2 Å². The lowest BCUT2D eigenvalue weighted by atomic mass is 9.86. The van der Waals surface area contributed by atoms with Crippen LogP contribution in [0.4, 0.5) is 0 Å². The molecule has 17 heavy (non-hydrogen) atoms. The highest BCUT2D eigenvalue weighted by Gasteiger charge is 2.61. The average Bonchev–Trinajstić information content (AvgIpc) is 2.87. The summed E-state index contributed by atoms with van der Waals surface area (Å²) in [5.74, 6) is 2.83. The van der Waals surface area contributed by atoms with Gasteiger partial charge in [-0.15, -0.1) is 0 Å². The second-order valence-corrected chi connectivity index (χ2v) is 7.11. The van der Waals surface area contributed by atoms with Crippen molar-refractivity contribution in [3.63, 3.8) is 0 Å². The summed E-state index contributed by atoms with van der Waals surface area (Å²) in [6, 6.07) is 0. The fourth-order valence-corrected chi connectivity index (χ4v) is 4.46. The van der Waals surface area contributed by atoms with Crippen molar-refractivity contribution in [2.45, 2.75) is 46.5 Å². The van der Waals surface area contributed by atoms with Crippen LogP contribution in [0.15, 0.2) is 11.6 Å². The van der Waals surface area contributed by atoms with Crippen LogP contribution in [0.1, 0.15) is 46.5 Å². The Labute approximate surface area is 106 Å². The third-order valence-corrected chi connectivity index (χ3v) is 5.75.